The van der Waals surface area contributed by atoms with Crippen molar-refractivity contribution in [2.75, 3.05) is 6.54 Å². The molecule has 1 amide bonds. The Kier molecular flexibility index (Phi) is 3.48. The van der Waals surface area contributed by atoms with Crippen molar-refractivity contribution in [1.82, 2.24) is 15.1 Å². The van der Waals surface area contributed by atoms with Gasteiger partial charge >= 0.3 is 0 Å². The lowest BCUT2D eigenvalue weighted by Crippen LogP contribution is -2.28. The van der Waals surface area contributed by atoms with Crippen LogP contribution < -0.4 is 5.32 Å². The molecule has 0 unspecified atom stereocenters. The van der Waals surface area contributed by atoms with Crippen molar-refractivity contribution in [3.8, 4) is 0 Å². The minimum absolute atomic E-state index is 0.0728. The quantitative estimate of drug-likeness (QED) is 0.926. The predicted molar refractivity (Wildman–Crippen MR) is 89.4 cm³/mol. The molecule has 5 nitrogen and oxygen atoms in total. The molecule has 0 spiro atoms. The molecule has 4 rings (SSSR count). The molecule has 1 aromatic heterocycles. The van der Waals surface area contributed by atoms with Crippen LogP contribution in [0.2, 0.25) is 0 Å². The van der Waals surface area contributed by atoms with Crippen LogP contribution >= 0.6 is 0 Å². The van der Waals surface area contributed by atoms with Crippen LogP contribution in [0.1, 0.15) is 53.3 Å². The van der Waals surface area contributed by atoms with E-state index in [4.69, 9.17) is 4.99 Å². The molecule has 1 fully saturated rings. The fourth-order valence-electron chi connectivity index (χ4n) is 3.53. The number of rotatable bonds is 2. The number of fused-ring (bicyclic) bond motifs is 1. The molecular weight excluding hydrogens is 288 g/mol. The van der Waals surface area contributed by atoms with E-state index in [2.05, 4.69) is 10.4 Å². The van der Waals surface area contributed by atoms with Crippen molar-refractivity contribution >= 4 is 17.4 Å². The highest BCUT2D eigenvalue weighted by molar-refractivity contribution is 6.10. The van der Waals surface area contributed by atoms with Gasteiger partial charge in [-0.3, -0.25) is 4.79 Å². The lowest BCUT2D eigenvalue weighted by Gasteiger charge is -2.12. The maximum absolute atomic E-state index is 12.5. The number of carbonyl (C=O) groups excluding carboxylic acids is 1. The minimum atomic E-state index is -0.0728. The van der Waals surface area contributed by atoms with Crippen LogP contribution in [0.15, 0.2) is 35.3 Å². The summed E-state index contributed by atoms with van der Waals surface area (Å²) < 4.78 is 1.99. The van der Waals surface area contributed by atoms with Crippen molar-refractivity contribution in [3.63, 3.8) is 0 Å². The third-order valence-corrected chi connectivity index (χ3v) is 4.72. The first-order valence-corrected chi connectivity index (χ1v) is 8.24. The van der Waals surface area contributed by atoms with Gasteiger partial charge in [-0.25, -0.2) is 9.67 Å². The summed E-state index contributed by atoms with van der Waals surface area (Å²) in [5.41, 5.74) is 3.32. The summed E-state index contributed by atoms with van der Waals surface area (Å²) in [5, 5.41) is 7.61. The van der Waals surface area contributed by atoms with E-state index in [1.165, 1.54) is 12.8 Å². The first kappa shape index (κ1) is 14.2. The van der Waals surface area contributed by atoms with Gasteiger partial charge < -0.3 is 5.32 Å². The summed E-state index contributed by atoms with van der Waals surface area (Å²) >= 11 is 0. The van der Waals surface area contributed by atoms with Crippen LogP contribution in [0, 0.1) is 6.92 Å². The molecule has 1 aliphatic carbocycles. The lowest BCUT2D eigenvalue weighted by molar-refractivity contribution is 0.0960. The molecule has 2 aromatic rings. The third-order valence-electron chi connectivity index (χ3n) is 4.72. The molecule has 0 atom stereocenters. The Bertz CT molecular complexity index is 770. The molecular formula is C18H20N4O. The molecule has 2 aliphatic rings. The first-order chi connectivity index (χ1) is 11.2. The van der Waals surface area contributed by atoms with Crippen molar-refractivity contribution in [2.45, 2.75) is 38.6 Å². The molecule has 1 saturated carbocycles. The summed E-state index contributed by atoms with van der Waals surface area (Å²) in [6.07, 6.45) is 4.68. The van der Waals surface area contributed by atoms with Crippen molar-refractivity contribution in [2.24, 2.45) is 4.99 Å². The number of nitrogens with one attached hydrogen (secondary N) is 1. The number of aryl methyl sites for hydroxylation is 1. The fraction of sp³-hybridized carbons (Fsp3) is 0.389. The maximum Gasteiger partial charge on any atom is 0.257 e. The van der Waals surface area contributed by atoms with E-state index in [1.807, 2.05) is 41.9 Å². The van der Waals surface area contributed by atoms with Gasteiger partial charge in [0.1, 0.15) is 5.56 Å². The molecule has 1 aromatic carbocycles. The monoisotopic (exact) mass is 308 g/mol. The van der Waals surface area contributed by atoms with Crippen LogP contribution in [-0.2, 0) is 0 Å². The van der Waals surface area contributed by atoms with Gasteiger partial charge in [0, 0.05) is 0 Å². The highest BCUT2D eigenvalue weighted by atomic mass is 16.1. The lowest BCUT2D eigenvalue weighted by atomic mass is 10.1. The van der Waals surface area contributed by atoms with Crippen LogP contribution in [0.25, 0.3) is 0 Å². The Morgan fingerprint density at radius 1 is 1.17 bits per heavy atom. The number of hydrogen-bond donors (Lipinski definition) is 1. The van der Waals surface area contributed by atoms with Crippen LogP contribution in [0.3, 0.4) is 0 Å². The van der Waals surface area contributed by atoms with E-state index >= 15 is 0 Å². The van der Waals surface area contributed by atoms with Gasteiger partial charge in [-0.15, -0.1) is 0 Å². The van der Waals surface area contributed by atoms with Crippen LogP contribution in [0.5, 0.6) is 0 Å². The van der Waals surface area contributed by atoms with E-state index in [0.717, 1.165) is 35.6 Å². The summed E-state index contributed by atoms with van der Waals surface area (Å²) in [7, 11) is 0. The average Bonchev–Trinajstić information content (AvgIpc) is 3.15. The molecule has 2 heterocycles. The number of aromatic nitrogens is 2. The Morgan fingerprint density at radius 3 is 2.65 bits per heavy atom. The zero-order chi connectivity index (χ0) is 15.8. The van der Waals surface area contributed by atoms with E-state index in [-0.39, 0.29) is 5.91 Å². The Hall–Kier alpha value is -2.43. The largest absolute Gasteiger partial charge is 0.346 e. The number of aliphatic imine (C=N–C) groups is 1. The predicted octanol–water partition coefficient (Wildman–Crippen LogP) is 3.17. The zero-order valence-electron chi connectivity index (χ0n) is 13.2. The maximum atomic E-state index is 12.5. The topological polar surface area (TPSA) is 59.3 Å². The molecule has 0 bridgehead atoms. The standard InChI is InChI=1S/C18H20N4O/c1-12-16-17(22(21-12)14-9-5-6-10-14)20-15(11-19-18(16)23)13-7-3-2-4-8-13/h2-4,7-8,14H,5-6,9-11H2,1H3,(H,19,23). The summed E-state index contributed by atoms with van der Waals surface area (Å²) in [4.78, 5) is 17.4. The molecule has 0 saturated heterocycles. The molecule has 0 radical (unpaired) electrons. The van der Waals surface area contributed by atoms with Gasteiger partial charge in [-0.2, -0.15) is 5.10 Å². The first-order valence-electron chi connectivity index (χ1n) is 8.24. The molecule has 1 aliphatic heterocycles. The number of hydrogen-bond acceptors (Lipinski definition) is 3. The van der Waals surface area contributed by atoms with Crippen LogP contribution in [-0.4, -0.2) is 27.9 Å². The van der Waals surface area contributed by atoms with E-state index in [0.29, 0.717) is 18.2 Å². The minimum Gasteiger partial charge on any atom is -0.346 e. The highest BCUT2D eigenvalue weighted by Crippen LogP contribution is 2.36. The molecule has 118 valence electrons. The Balaban J connectivity index is 1.85. The molecule has 5 heteroatoms. The molecule has 23 heavy (non-hydrogen) atoms. The Morgan fingerprint density at radius 2 is 1.91 bits per heavy atom. The van der Waals surface area contributed by atoms with Gasteiger partial charge in [0.15, 0.2) is 5.82 Å². The normalized spacial score (nSPS) is 18.3. The Labute approximate surface area is 135 Å². The fourth-order valence-corrected chi connectivity index (χ4v) is 3.53. The van der Waals surface area contributed by atoms with Crippen molar-refractivity contribution < 1.29 is 4.79 Å². The van der Waals surface area contributed by atoms with Gasteiger partial charge in [-0.1, -0.05) is 43.2 Å². The van der Waals surface area contributed by atoms with Gasteiger partial charge in [0.05, 0.1) is 24.0 Å². The smallest absolute Gasteiger partial charge is 0.257 e. The number of nitrogens with zero attached hydrogens (tertiary/aromatic N) is 3. The number of amides is 1. The van der Waals surface area contributed by atoms with E-state index < -0.39 is 0 Å². The highest BCUT2D eigenvalue weighted by Gasteiger charge is 2.29. The van der Waals surface area contributed by atoms with Gasteiger partial charge in [-0.05, 0) is 25.3 Å². The summed E-state index contributed by atoms with van der Waals surface area (Å²) in [5.74, 6) is 0.652. The van der Waals surface area contributed by atoms with Crippen LogP contribution in [0.4, 0.5) is 5.82 Å². The number of carbonyl (C=O) groups is 1. The van der Waals surface area contributed by atoms with Crippen molar-refractivity contribution in [3.05, 3.63) is 47.2 Å². The average molecular weight is 308 g/mol. The van der Waals surface area contributed by atoms with Crippen molar-refractivity contribution in [1.29, 1.82) is 0 Å². The van der Waals surface area contributed by atoms with Gasteiger partial charge in [0.25, 0.3) is 5.91 Å². The molecule has 1 N–H and O–H groups in total. The second-order valence-corrected chi connectivity index (χ2v) is 6.27. The third kappa shape index (κ3) is 2.46. The second kappa shape index (κ2) is 5.65. The SMILES string of the molecule is Cc1nn(C2CCCC2)c2c1C(=O)NCC(c1ccccc1)=N2. The zero-order valence-corrected chi connectivity index (χ0v) is 13.2. The summed E-state index contributed by atoms with van der Waals surface area (Å²) in [6.45, 7) is 2.34. The van der Waals surface area contributed by atoms with Gasteiger partial charge in [0.2, 0.25) is 0 Å². The van der Waals surface area contributed by atoms with E-state index in [1.54, 1.807) is 0 Å². The second-order valence-electron chi connectivity index (χ2n) is 6.27. The number of benzene rings is 1. The summed E-state index contributed by atoms with van der Waals surface area (Å²) in [6, 6.07) is 10.4. The van der Waals surface area contributed by atoms with E-state index in [9.17, 15) is 4.79 Å².